The second kappa shape index (κ2) is 10.1. The number of amides is 1. The normalized spacial score (nSPS) is 14.5. The lowest BCUT2D eigenvalue weighted by Crippen LogP contribution is -2.44. The molecule has 0 spiro atoms. The SMILES string of the molecule is COc1ccc(OC)c2sc(N(CCN3CCOCC3)C(=O)Cn3c(=O)oc4ccccc43)nc12. The third-order valence-corrected chi connectivity index (χ3v) is 7.13. The summed E-state index contributed by atoms with van der Waals surface area (Å²) >= 11 is 1.36. The lowest BCUT2D eigenvalue weighted by molar-refractivity contribution is -0.119. The van der Waals surface area contributed by atoms with Crippen LogP contribution in [0.4, 0.5) is 5.13 Å². The van der Waals surface area contributed by atoms with Crippen LogP contribution in [0.2, 0.25) is 0 Å². The number of methoxy groups -OCH3 is 2. The molecule has 3 heterocycles. The van der Waals surface area contributed by atoms with E-state index in [1.54, 1.807) is 49.5 Å². The number of hydrogen-bond donors (Lipinski definition) is 0. The molecule has 0 bridgehead atoms. The van der Waals surface area contributed by atoms with E-state index in [1.165, 1.54) is 15.9 Å². The van der Waals surface area contributed by atoms with Gasteiger partial charge in [-0.2, -0.15) is 0 Å². The van der Waals surface area contributed by atoms with Gasteiger partial charge < -0.3 is 18.6 Å². The number of para-hydroxylation sites is 2. The Bertz CT molecular complexity index is 1360. The molecule has 0 aliphatic carbocycles. The Kier molecular flexibility index (Phi) is 6.71. The molecule has 1 amide bonds. The van der Waals surface area contributed by atoms with Gasteiger partial charge in [-0.25, -0.2) is 9.78 Å². The van der Waals surface area contributed by atoms with Crippen molar-refractivity contribution in [2.75, 3.05) is 58.5 Å². The third kappa shape index (κ3) is 4.62. The van der Waals surface area contributed by atoms with Crippen LogP contribution in [0.25, 0.3) is 21.3 Å². The predicted molar refractivity (Wildman–Crippen MR) is 133 cm³/mol. The van der Waals surface area contributed by atoms with Crippen LogP contribution in [0.5, 0.6) is 11.5 Å². The summed E-state index contributed by atoms with van der Waals surface area (Å²) in [5, 5.41) is 0.516. The van der Waals surface area contributed by atoms with Crippen LogP contribution < -0.4 is 20.1 Å². The van der Waals surface area contributed by atoms with Crippen molar-refractivity contribution < 1.29 is 23.4 Å². The highest BCUT2D eigenvalue weighted by Crippen LogP contribution is 2.40. The van der Waals surface area contributed by atoms with Crippen molar-refractivity contribution in [3.8, 4) is 11.5 Å². The van der Waals surface area contributed by atoms with E-state index in [0.717, 1.165) is 17.8 Å². The van der Waals surface area contributed by atoms with Crippen LogP contribution in [-0.4, -0.2) is 74.0 Å². The second-order valence-electron chi connectivity index (χ2n) is 8.07. The minimum absolute atomic E-state index is 0.164. The molecule has 11 heteroatoms. The minimum Gasteiger partial charge on any atom is -0.495 e. The van der Waals surface area contributed by atoms with Crippen LogP contribution in [0, 0.1) is 0 Å². The molecule has 0 unspecified atom stereocenters. The smallest absolute Gasteiger partial charge is 0.420 e. The molecule has 2 aromatic heterocycles. The van der Waals surface area contributed by atoms with Crippen molar-refractivity contribution >= 4 is 43.7 Å². The van der Waals surface area contributed by atoms with Crippen molar-refractivity contribution in [1.29, 1.82) is 0 Å². The second-order valence-corrected chi connectivity index (χ2v) is 9.04. The van der Waals surface area contributed by atoms with Crippen LogP contribution >= 0.6 is 11.3 Å². The van der Waals surface area contributed by atoms with E-state index in [0.29, 0.717) is 59.6 Å². The number of carbonyl (C=O) groups excluding carboxylic acids is 1. The summed E-state index contributed by atoms with van der Waals surface area (Å²) in [6, 6.07) is 10.7. The first-order valence-corrected chi connectivity index (χ1v) is 12.1. The summed E-state index contributed by atoms with van der Waals surface area (Å²) in [5.74, 6) is 0.423. The molecule has 10 nitrogen and oxygen atoms in total. The monoisotopic (exact) mass is 498 g/mol. The van der Waals surface area contributed by atoms with Gasteiger partial charge in [0.25, 0.3) is 0 Å². The zero-order chi connectivity index (χ0) is 24.4. The van der Waals surface area contributed by atoms with E-state index in [-0.39, 0.29) is 12.5 Å². The van der Waals surface area contributed by atoms with Crippen LogP contribution in [0.3, 0.4) is 0 Å². The average molecular weight is 499 g/mol. The largest absolute Gasteiger partial charge is 0.495 e. The fourth-order valence-electron chi connectivity index (χ4n) is 4.17. The number of oxazole rings is 1. The van der Waals surface area contributed by atoms with Gasteiger partial charge in [-0.3, -0.25) is 19.2 Å². The Morgan fingerprint density at radius 1 is 1.11 bits per heavy atom. The molecule has 35 heavy (non-hydrogen) atoms. The number of rotatable bonds is 8. The van der Waals surface area contributed by atoms with E-state index >= 15 is 0 Å². The number of fused-ring (bicyclic) bond motifs is 2. The van der Waals surface area contributed by atoms with Gasteiger partial charge in [0.05, 0.1) is 33.0 Å². The minimum atomic E-state index is -0.569. The van der Waals surface area contributed by atoms with Crippen LogP contribution in [0.15, 0.2) is 45.6 Å². The van der Waals surface area contributed by atoms with Crippen molar-refractivity contribution in [3.63, 3.8) is 0 Å². The molecule has 5 rings (SSSR count). The van der Waals surface area contributed by atoms with Gasteiger partial charge in [0.1, 0.15) is 28.3 Å². The Labute approximate surface area is 205 Å². The summed E-state index contributed by atoms with van der Waals surface area (Å²) in [7, 11) is 3.18. The molecular formula is C24H26N4O6S. The highest BCUT2D eigenvalue weighted by molar-refractivity contribution is 7.22. The number of hydrogen-bond acceptors (Lipinski definition) is 9. The Morgan fingerprint density at radius 2 is 1.86 bits per heavy atom. The van der Waals surface area contributed by atoms with Gasteiger partial charge in [0.2, 0.25) is 5.91 Å². The highest BCUT2D eigenvalue weighted by atomic mass is 32.1. The number of morpholine rings is 1. The van der Waals surface area contributed by atoms with Crippen molar-refractivity contribution in [3.05, 3.63) is 46.9 Å². The van der Waals surface area contributed by atoms with Crippen LogP contribution in [0.1, 0.15) is 0 Å². The summed E-state index contributed by atoms with van der Waals surface area (Å²) in [6.07, 6.45) is 0. The van der Waals surface area contributed by atoms with Crippen LogP contribution in [-0.2, 0) is 16.1 Å². The highest BCUT2D eigenvalue weighted by Gasteiger charge is 2.25. The Balaban J connectivity index is 1.50. The fourth-order valence-corrected chi connectivity index (χ4v) is 5.28. The van der Waals surface area contributed by atoms with E-state index < -0.39 is 5.76 Å². The first-order chi connectivity index (χ1) is 17.1. The zero-order valence-electron chi connectivity index (χ0n) is 19.6. The molecule has 1 aliphatic heterocycles. The number of nitrogens with zero attached hydrogens (tertiary/aromatic N) is 4. The lowest BCUT2D eigenvalue weighted by atomic mass is 10.3. The van der Waals surface area contributed by atoms with E-state index in [9.17, 15) is 9.59 Å². The number of thiazole rings is 1. The Morgan fingerprint density at radius 3 is 2.63 bits per heavy atom. The van der Waals surface area contributed by atoms with Crippen molar-refractivity contribution in [2.24, 2.45) is 0 Å². The van der Waals surface area contributed by atoms with Gasteiger partial charge in [0, 0.05) is 26.2 Å². The standard InChI is InChI=1S/C24H26N4O6S/c1-31-18-7-8-19(32-2)22-21(18)25-23(35-22)27(10-9-26-11-13-33-14-12-26)20(29)15-28-16-5-3-4-6-17(16)34-24(28)30/h3-8H,9-15H2,1-2H3. The predicted octanol–water partition coefficient (Wildman–Crippen LogP) is 2.59. The quantitative estimate of drug-likeness (QED) is 0.366. The molecule has 184 valence electrons. The van der Waals surface area contributed by atoms with Gasteiger partial charge in [-0.05, 0) is 24.3 Å². The first-order valence-electron chi connectivity index (χ1n) is 11.3. The van der Waals surface area contributed by atoms with E-state index in [2.05, 4.69) is 4.90 Å². The fraction of sp³-hybridized carbons (Fsp3) is 0.375. The van der Waals surface area contributed by atoms with Crippen molar-refractivity contribution in [1.82, 2.24) is 14.5 Å². The van der Waals surface area contributed by atoms with E-state index in [4.69, 9.17) is 23.6 Å². The molecule has 1 fully saturated rings. The number of ether oxygens (including phenoxy) is 3. The summed E-state index contributed by atoms with van der Waals surface area (Å²) in [4.78, 5) is 34.8. The maximum atomic E-state index is 13.7. The number of benzene rings is 2. The number of anilines is 1. The molecule has 2 aromatic carbocycles. The van der Waals surface area contributed by atoms with Gasteiger partial charge in [0.15, 0.2) is 10.7 Å². The number of carbonyl (C=O) groups is 1. The summed E-state index contributed by atoms with van der Waals surface area (Å²) in [6.45, 7) is 3.84. The maximum Gasteiger partial charge on any atom is 0.420 e. The van der Waals surface area contributed by atoms with Gasteiger partial charge in [-0.15, -0.1) is 0 Å². The maximum absolute atomic E-state index is 13.7. The zero-order valence-corrected chi connectivity index (χ0v) is 20.4. The summed E-state index contributed by atoms with van der Waals surface area (Å²) in [5.41, 5.74) is 1.65. The number of aromatic nitrogens is 2. The topological polar surface area (TPSA) is 99.3 Å². The lowest BCUT2D eigenvalue weighted by Gasteiger charge is -2.29. The molecule has 1 saturated heterocycles. The third-order valence-electron chi connectivity index (χ3n) is 6.04. The molecule has 0 N–H and O–H groups in total. The average Bonchev–Trinajstić information content (AvgIpc) is 3.46. The molecule has 0 atom stereocenters. The molecule has 1 aliphatic rings. The van der Waals surface area contributed by atoms with Gasteiger partial charge in [-0.1, -0.05) is 23.5 Å². The molecule has 4 aromatic rings. The van der Waals surface area contributed by atoms with Gasteiger partial charge >= 0.3 is 5.76 Å². The molecule has 0 radical (unpaired) electrons. The molecular weight excluding hydrogens is 472 g/mol. The van der Waals surface area contributed by atoms with Crippen molar-refractivity contribution in [2.45, 2.75) is 6.54 Å². The molecule has 0 saturated carbocycles. The Hall–Kier alpha value is -3.41. The first kappa shape index (κ1) is 23.3. The summed E-state index contributed by atoms with van der Waals surface area (Å²) < 4.78 is 23.9. The van der Waals surface area contributed by atoms with E-state index in [1.807, 2.05) is 6.07 Å².